The third-order valence-corrected chi connectivity index (χ3v) is 6.24. The van der Waals surface area contributed by atoms with Crippen LogP contribution in [0.25, 0.3) is 0 Å². The zero-order chi connectivity index (χ0) is 14.2. The average Bonchev–Trinajstić information content (AvgIpc) is 3.10. The maximum Gasteiger partial charge on any atom is 0.324 e. The summed E-state index contributed by atoms with van der Waals surface area (Å²) < 4.78 is 0. The van der Waals surface area contributed by atoms with Gasteiger partial charge in [-0.3, -0.25) is 4.79 Å². The van der Waals surface area contributed by atoms with Gasteiger partial charge in [0.2, 0.25) is 0 Å². The van der Waals surface area contributed by atoms with Gasteiger partial charge >= 0.3 is 5.97 Å². The number of nitrogens with zero attached hydrogens (tertiary/aromatic N) is 1. The number of likely N-dealkylation sites (tertiary alicyclic amines) is 1. The molecular formula is C16H28N2O2. The Morgan fingerprint density at radius 3 is 2.55 bits per heavy atom. The highest BCUT2D eigenvalue weighted by atomic mass is 16.4. The quantitative estimate of drug-likeness (QED) is 0.808. The third kappa shape index (κ3) is 2.37. The normalized spacial score (nSPS) is 41.1. The van der Waals surface area contributed by atoms with Crippen LogP contribution in [0.2, 0.25) is 0 Å². The van der Waals surface area contributed by atoms with Crippen molar-refractivity contribution in [3.8, 4) is 0 Å². The number of aliphatic carboxylic acids is 1. The van der Waals surface area contributed by atoms with Crippen molar-refractivity contribution in [3.05, 3.63) is 0 Å². The summed E-state index contributed by atoms with van der Waals surface area (Å²) in [6.07, 6.45) is 8.19. The highest BCUT2D eigenvalue weighted by molar-refractivity contribution is 5.79. The first-order chi connectivity index (χ1) is 9.65. The molecule has 114 valence electrons. The van der Waals surface area contributed by atoms with Gasteiger partial charge in [0.25, 0.3) is 0 Å². The first-order valence-electron chi connectivity index (χ1n) is 8.30. The summed E-state index contributed by atoms with van der Waals surface area (Å²) in [4.78, 5) is 14.2. The Hall–Kier alpha value is -0.610. The van der Waals surface area contributed by atoms with E-state index < -0.39 is 11.5 Å². The average molecular weight is 280 g/mol. The molecule has 2 N–H and O–H groups in total. The van der Waals surface area contributed by atoms with Gasteiger partial charge in [0.15, 0.2) is 0 Å². The fourth-order valence-electron chi connectivity index (χ4n) is 5.04. The second-order valence-electron chi connectivity index (χ2n) is 7.11. The first kappa shape index (κ1) is 14.3. The first-order valence-corrected chi connectivity index (χ1v) is 8.30. The zero-order valence-corrected chi connectivity index (χ0v) is 12.6. The maximum absolute atomic E-state index is 11.6. The Morgan fingerprint density at radius 2 is 1.95 bits per heavy atom. The van der Waals surface area contributed by atoms with E-state index in [9.17, 15) is 9.90 Å². The molecule has 4 nitrogen and oxygen atoms in total. The topological polar surface area (TPSA) is 52.6 Å². The molecule has 2 aliphatic carbocycles. The van der Waals surface area contributed by atoms with Crippen molar-refractivity contribution in [2.45, 2.75) is 50.5 Å². The van der Waals surface area contributed by atoms with Gasteiger partial charge in [0.05, 0.1) is 0 Å². The maximum atomic E-state index is 11.6. The molecule has 0 aromatic heterocycles. The Bertz CT molecular complexity index is 361. The van der Waals surface area contributed by atoms with Crippen molar-refractivity contribution >= 4 is 5.97 Å². The molecule has 3 fully saturated rings. The third-order valence-electron chi connectivity index (χ3n) is 6.24. The van der Waals surface area contributed by atoms with Gasteiger partial charge in [-0.2, -0.15) is 0 Å². The largest absolute Gasteiger partial charge is 0.480 e. The van der Waals surface area contributed by atoms with Crippen molar-refractivity contribution in [1.82, 2.24) is 10.2 Å². The van der Waals surface area contributed by atoms with Gasteiger partial charge < -0.3 is 15.3 Å². The Balaban J connectivity index is 1.54. The molecule has 0 aromatic carbocycles. The van der Waals surface area contributed by atoms with Crippen LogP contribution in [0.5, 0.6) is 0 Å². The van der Waals surface area contributed by atoms with E-state index in [1.807, 2.05) is 7.05 Å². The van der Waals surface area contributed by atoms with Crippen molar-refractivity contribution < 1.29 is 9.90 Å². The molecule has 0 radical (unpaired) electrons. The second-order valence-corrected chi connectivity index (χ2v) is 7.11. The van der Waals surface area contributed by atoms with Crippen LogP contribution >= 0.6 is 0 Å². The molecule has 3 rings (SSSR count). The lowest BCUT2D eigenvalue weighted by Gasteiger charge is -2.32. The number of carboxylic acids is 1. The minimum atomic E-state index is -0.657. The van der Waals surface area contributed by atoms with Crippen molar-refractivity contribution in [2.75, 3.05) is 26.7 Å². The molecule has 1 heterocycles. The van der Waals surface area contributed by atoms with Crippen molar-refractivity contribution in [2.24, 2.45) is 17.8 Å². The molecule has 1 saturated heterocycles. The van der Waals surface area contributed by atoms with Crippen LogP contribution in [0.15, 0.2) is 0 Å². The lowest BCUT2D eigenvalue weighted by molar-refractivity contribution is -0.146. The van der Waals surface area contributed by atoms with E-state index in [2.05, 4.69) is 10.2 Å². The number of nitrogens with one attached hydrogen (secondary N) is 1. The van der Waals surface area contributed by atoms with E-state index in [1.54, 1.807) is 0 Å². The predicted molar refractivity (Wildman–Crippen MR) is 78.7 cm³/mol. The Morgan fingerprint density at radius 1 is 1.25 bits per heavy atom. The van der Waals surface area contributed by atoms with E-state index in [0.29, 0.717) is 5.92 Å². The zero-order valence-electron chi connectivity index (χ0n) is 12.6. The lowest BCUT2D eigenvalue weighted by atomic mass is 9.84. The van der Waals surface area contributed by atoms with Gasteiger partial charge in [0.1, 0.15) is 5.54 Å². The number of carboxylic acid groups (broad SMARTS) is 1. The standard InChI is InChI=1S/C16H28N2O2/c1-17-16(15(19)20)8-3-6-14(16)7-9-18-10-12-4-2-5-13(12)11-18/h12-14,17H,2-11H2,1H3,(H,19,20). The summed E-state index contributed by atoms with van der Waals surface area (Å²) >= 11 is 0. The summed E-state index contributed by atoms with van der Waals surface area (Å²) in [5.41, 5.74) is -0.657. The molecule has 4 heteroatoms. The van der Waals surface area contributed by atoms with E-state index in [4.69, 9.17) is 0 Å². The van der Waals surface area contributed by atoms with Gasteiger partial charge in [-0.1, -0.05) is 12.8 Å². The highest BCUT2D eigenvalue weighted by Gasteiger charge is 2.48. The molecule has 0 aromatic rings. The van der Waals surface area contributed by atoms with Crippen LogP contribution in [-0.4, -0.2) is 48.2 Å². The van der Waals surface area contributed by atoms with Crippen molar-refractivity contribution in [1.29, 1.82) is 0 Å². The molecule has 0 spiro atoms. The lowest BCUT2D eigenvalue weighted by Crippen LogP contribution is -2.53. The van der Waals surface area contributed by atoms with E-state index in [-0.39, 0.29) is 0 Å². The molecular weight excluding hydrogens is 252 g/mol. The summed E-state index contributed by atoms with van der Waals surface area (Å²) in [5, 5.41) is 12.7. The van der Waals surface area contributed by atoms with Crippen LogP contribution in [0.3, 0.4) is 0 Å². The second kappa shape index (κ2) is 5.64. The van der Waals surface area contributed by atoms with Gasteiger partial charge in [0, 0.05) is 13.1 Å². The fourth-order valence-corrected chi connectivity index (χ4v) is 5.04. The molecule has 4 unspecified atom stereocenters. The number of carbonyl (C=O) groups is 1. The minimum Gasteiger partial charge on any atom is -0.480 e. The molecule has 2 saturated carbocycles. The summed E-state index contributed by atoms with van der Waals surface area (Å²) in [6, 6.07) is 0. The number of rotatable bonds is 5. The monoisotopic (exact) mass is 280 g/mol. The van der Waals surface area contributed by atoms with Gasteiger partial charge in [-0.15, -0.1) is 0 Å². The Labute approximate surface area is 121 Å². The van der Waals surface area contributed by atoms with Crippen LogP contribution in [0.4, 0.5) is 0 Å². The van der Waals surface area contributed by atoms with Crippen LogP contribution in [0.1, 0.15) is 44.9 Å². The molecule has 4 atom stereocenters. The minimum absolute atomic E-state index is 0.297. The number of hydrogen-bond donors (Lipinski definition) is 2. The SMILES string of the molecule is CNC1(C(=O)O)CCCC1CCN1CC2CCCC2C1. The molecule has 0 amide bonds. The van der Waals surface area contributed by atoms with Gasteiger partial charge in [-0.25, -0.2) is 0 Å². The predicted octanol–water partition coefficient (Wildman–Crippen LogP) is 1.95. The van der Waals surface area contributed by atoms with Crippen LogP contribution in [-0.2, 0) is 4.79 Å². The molecule has 3 aliphatic rings. The van der Waals surface area contributed by atoms with Gasteiger partial charge in [-0.05, 0) is 63.5 Å². The molecule has 0 bridgehead atoms. The molecule has 20 heavy (non-hydrogen) atoms. The smallest absolute Gasteiger partial charge is 0.324 e. The molecule has 1 aliphatic heterocycles. The summed E-state index contributed by atoms with van der Waals surface area (Å²) in [5.74, 6) is 1.52. The number of hydrogen-bond acceptors (Lipinski definition) is 3. The van der Waals surface area contributed by atoms with Crippen LogP contribution < -0.4 is 5.32 Å². The van der Waals surface area contributed by atoms with E-state index in [1.165, 1.54) is 32.4 Å². The summed E-state index contributed by atoms with van der Waals surface area (Å²) in [6.45, 7) is 3.61. The number of likely N-dealkylation sites (N-methyl/N-ethyl adjacent to an activating group) is 1. The van der Waals surface area contributed by atoms with Crippen molar-refractivity contribution in [3.63, 3.8) is 0 Å². The highest BCUT2D eigenvalue weighted by Crippen LogP contribution is 2.40. The van der Waals surface area contributed by atoms with Crippen LogP contribution in [0, 0.1) is 17.8 Å². The fraction of sp³-hybridized carbons (Fsp3) is 0.938. The van der Waals surface area contributed by atoms with E-state index in [0.717, 1.165) is 44.1 Å². The number of fused-ring (bicyclic) bond motifs is 1. The van der Waals surface area contributed by atoms with E-state index >= 15 is 0 Å². The summed E-state index contributed by atoms with van der Waals surface area (Å²) in [7, 11) is 1.81. The Kier molecular flexibility index (Phi) is 4.04.